The van der Waals surface area contributed by atoms with Gasteiger partial charge in [0.25, 0.3) is 5.91 Å². The highest BCUT2D eigenvalue weighted by atomic mass is 16.1. The maximum absolute atomic E-state index is 12.5. The van der Waals surface area contributed by atoms with Crippen molar-refractivity contribution in [2.75, 3.05) is 6.54 Å². The molecular weight excluding hydrogens is 306 g/mol. The van der Waals surface area contributed by atoms with Crippen LogP contribution in [0.1, 0.15) is 81.6 Å². The second kappa shape index (κ2) is 6.14. The Morgan fingerprint density at radius 2 is 1.52 bits per heavy atom. The summed E-state index contributed by atoms with van der Waals surface area (Å²) in [5, 5.41) is 3.19. The first kappa shape index (κ1) is 17.1. The summed E-state index contributed by atoms with van der Waals surface area (Å²) in [5.41, 5.74) is 2.75. The monoisotopic (exact) mass is 339 g/mol. The van der Waals surface area contributed by atoms with Gasteiger partial charge >= 0.3 is 0 Å². The third-order valence-electron chi connectivity index (χ3n) is 7.12. The summed E-state index contributed by atoms with van der Waals surface area (Å²) in [6.45, 7) is 7.45. The Kier molecular flexibility index (Phi) is 4.21. The van der Waals surface area contributed by atoms with Gasteiger partial charge in [0.15, 0.2) is 0 Å². The minimum absolute atomic E-state index is 0.0881. The summed E-state index contributed by atoms with van der Waals surface area (Å²) in [7, 11) is 0. The lowest BCUT2D eigenvalue weighted by atomic mass is 9.49. The van der Waals surface area contributed by atoms with E-state index in [1.165, 1.54) is 50.5 Å². The number of amides is 1. The molecule has 0 radical (unpaired) electrons. The highest BCUT2D eigenvalue weighted by Gasteiger charge is 2.50. The molecule has 0 unspecified atom stereocenters. The predicted molar refractivity (Wildman–Crippen MR) is 103 cm³/mol. The van der Waals surface area contributed by atoms with Gasteiger partial charge in [-0.15, -0.1) is 0 Å². The van der Waals surface area contributed by atoms with E-state index < -0.39 is 0 Å². The third-order valence-corrected chi connectivity index (χ3v) is 7.12. The maximum Gasteiger partial charge on any atom is 0.251 e. The maximum atomic E-state index is 12.5. The van der Waals surface area contributed by atoms with Crippen molar-refractivity contribution in [2.45, 2.75) is 71.1 Å². The van der Waals surface area contributed by atoms with Crippen LogP contribution in [0.5, 0.6) is 0 Å². The molecule has 1 amide bonds. The van der Waals surface area contributed by atoms with Gasteiger partial charge in [0.1, 0.15) is 0 Å². The number of benzene rings is 1. The quantitative estimate of drug-likeness (QED) is 0.790. The number of nitrogens with one attached hydrogen (secondary N) is 1. The summed E-state index contributed by atoms with van der Waals surface area (Å²) < 4.78 is 0. The van der Waals surface area contributed by atoms with Crippen LogP contribution in [0.2, 0.25) is 0 Å². The van der Waals surface area contributed by atoms with E-state index >= 15 is 0 Å². The number of hydrogen-bond donors (Lipinski definition) is 1. The molecule has 1 aromatic carbocycles. The highest BCUT2D eigenvalue weighted by molar-refractivity contribution is 5.94. The number of hydrogen-bond acceptors (Lipinski definition) is 1. The van der Waals surface area contributed by atoms with Gasteiger partial charge in [-0.1, -0.05) is 32.9 Å². The van der Waals surface area contributed by atoms with Gasteiger partial charge in [0.05, 0.1) is 0 Å². The number of carbonyl (C=O) groups excluding carboxylic acids is 1. The Balaban J connectivity index is 1.32. The minimum atomic E-state index is 0.0881. The summed E-state index contributed by atoms with van der Waals surface area (Å²) in [6.07, 6.45) is 9.94. The van der Waals surface area contributed by atoms with Gasteiger partial charge in [-0.05, 0) is 91.2 Å². The van der Waals surface area contributed by atoms with Crippen LogP contribution in [0, 0.1) is 23.2 Å². The van der Waals surface area contributed by atoms with Crippen molar-refractivity contribution in [3.63, 3.8) is 0 Å². The summed E-state index contributed by atoms with van der Waals surface area (Å²) in [4.78, 5) is 12.5. The van der Waals surface area contributed by atoms with E-state index in [2.05, 4.69) is 38.2 Å². The van der Waals surface area contributed by atoms with E-state index in [1.807, 2.05) is 12.1 Å². The Bertz CT molecular complexity index is 602. The first-order valence-electron chi connectivity index (χ1n) is 10.2. The standard InChI is InChI=1S/C23H33NO/c1-22(2,3)20-6-4-19(5-7-20)21(25)24-9-8-23-13-16-10-17(14-23)12-18(11-16)15-23/h4-7,16-18H,8-15H2,1-3H3,(H,24,25). The highest BCUT2D eigenvalue weighted by Crippen LogP contribution is 2.61. The zero-order chi connectivity index (χ0) is 17.7. The fourth-order valence-corrected chi connectivity index (χ4v) is 6.26. The molecule has 136 valence electrons. The molecule has 4 aliphatic carbocycles. The summed E-state index contributed by atoms with van der Waals surface area (Å²) in [5.74, 6) is 3.07. The Labute approximate surface area is 152 Å². The number of carbonyl (C=O) groups is 1. The fourth-order valence-electron chi connectivity index (χ4n) is 6.26. The molecule has 4 aliphatic rings. The zero-order valence-corrected chi connectivity index (χ0v) is 16.1. The normalized spacial score (nSPS) is 33.5. The molecule has 0 aromatic heterocycles. The molecule has 2 heteroatoms. The van der Waals surface area contributed by atoms with Gasteiger partial charge in [0.2, 0.25) is 0 Å². The molecule has 1 N–H and O–H groups in total. The molecule has 4 saturated carbocycles. The molecule has 0 spiro atoms. The van der Waals surface area contributed by atoms with E-state index in [0.717, 1.165) is 29.9 Å². The zero-order valence-electron chi connectivity index (χ0n) is 16.1. The van der Waals surface area contributed by atoms with Crippen LogP contribution in [0.15, 0.2) is 24.3 Å². The largest absolute Gasteiger partial charge is 0.352 e. The van der Waals surface area contributed by atoms with E-state index in [4.69, 9.17) is 0 Å². The van der Waals surface area contributed by atoms with Crippen LogP contribution in [-0.2, 0) is 5.41 Å². The first-order valence-corrected chi connectivity index (χ1v) is 10.2. The van der Waals surface area contributed by atoms with Crippen molar-refractivity contribution in [3.8, 4) is 0 Å². The second-order valence-electron chi connectivity index (χ2n) is 10.3. The molecule has 1 aromatic rings. The van der Waals surface area contributed by atoms with Gasteiger partial charge < -0.3 is 5.32 Å². The van der Waals surface area contributed by atoms with Crippen LogP contribution >= 0.6 is 0 Å². The van der Waals surface area contributed by atoms with E-state index in [9.17, 15) is 4.79 Å². The molecule has 4 fully saturated rings. The van der Waals surface area contributed by atoms with Crippen LogP contribution in [0.4, 0.5) is 0 Å². The van der Waals surface area contributed by atoms with Gasteiger partial charge in [-0.3, -0.25) is 4.79 Å². The predicted octanol–water partition coefficient (Wildman–Crippen LogP) is 5.32. The average molecular weight is 340 g/mol. The Morgan fingerprint density at radius 3 is 2.00 bits per heavy atom. The van der Waals surface area contributed by atoms with Crippen LogP contribution < -0.4 is 5.32 Å². The molecule has 4 bridgehead atoms. The van der Waals surface area contributed by atoms with E-state index in [0.29, 0.717) is 5.41 Å². The summed E-state index contributed by atoms with van der Waals surface area (Å²) in [6, 6.07) is 8.13. The van der Waals surface area contributed by atoms with E-state index in [1.54, 1.807) is 0 Å². The van der Waals surface area contributed by atoms with Gasteiger partial charge in [0, 0.05) is 12.1 Å². The summed E-state index contributed by atoms with van der Waals surface area (Å²) >= 11 is 0. The van der Waals surface area contributed by atoms with Crippen molar-refractivity contribution in [1.82, 2.24) is 5.32 Å². The van der Waals surface area contributed by atoms with Crippen molar-refractivity contribution >= 4 is 5.91 Å². The molecule has 0 heterocycles. The molecule has 0 saturated heterocycles. The SMILES string of the molecule is CC(C)(C)c1ccc(C(=O)NCCC23CC4CC(CC(C4)C2)C3)cc1. The van der Waals surface area contributed by atoms with Gasteiger partial charge in [-0.2, -0.15) is 0 Å². The Morgan fingerprint density at radius 1 is 1.00 bits per heavy atom. The van der Waals surface area contributed by atoms with Crippen molar-refractivity contribution in [1.29, 1.82) is 0 Å². The van der Waals surface area contributed by atoms with Crippen molar-refractivity contribution < 1.29 is 4.79 Å². The molecule has 0 atom stereocenters. The van der Waals surface area contributed by atoms with E-state index in [-0.39, 0.29) is 11.3 Å². The minimum Gasteiger partial charge on any atom is -0.352 e. The van der Waals surface area contributed by atoms with Crippen molar-refractivity contribution in [2.24, 2.45) is 23.2 Å². The van der Waals surface area contributed by atoms with Crippen molar-refractivity contribution in [3.05, 3.63) is 35.4 Å². The smallest absolute Gasteiger partial charge is 0.251 e. The third kappa shape index (κ3) is 3.50. The fraction of sp³-hybridized carbons (Fsp3) is 0.696. The van der Waals surface area contributed by atoms with Crippen LogP contribution in [0.3, 0.4) is 0 Å². The van der Waals surface area contributed by atoms with Crippen LogP contribution in [-0.4, -0.2) is 12.5 Å². The average Bonchev–Trinajstić information content (AvgIpc) is 2.52. The molecule has 0 aliphatic heterocycles. The topological polar surface area (TPSA) is 29.1 Å². The molecule has 25 heavy (non-hydrogen) atoms. The lowest BCUT2D eigenvalue weighted by Crippen LogP contribution is -2.47. The number of rotatable bonds is 4. The van der Waals surface area contributed by atoms with Crippen LogP contribution in [0.25, 0.3) is 0 Å². The second-order valence-corrected chi connectivity index (χ2v) is 10.3. The molecule has 5 rings (SSSR count). The molecular formula is C23H33NO. The molecule has 2 nitrogen and oxygen atoms in total. The first-order chi connectivity index (χ1) is 11.8. The lowest BCUT2D eigenvalue weighted by Gasteiger charge is -2.57. The van der Waals surface area contributed by atoms with Gasteiger partial charge in [-0.25, -0.2) is 0 Å². The Hall–Kier alpha value is -1.31. The lowest BCUT2D eigenvalue weighted by molar-refractivity contribution is -0.0564.